The molecule has 1 atom stereocenters. The van der Waals surface area contributed by atoms with E-state index < -0.39 is 0 Å². The average Bonchev–Trinajstić information content (AvgIpc) is 2.18. The van der Waals surface area contributed by atoms with Gasteiger partial charge in [-0.25, -0.2) is 4.39 Å². The van der Waals surface area contributed by atoms with Crippen LogP contribution < -0.4 is 0 Å². The normalized spacial score (nSPS) is 14.9. The van der Waals surface area contributed by atoms with E-state index in [1.165, 1.54) is 6.07 Å². The van der Waals surface area contributed by atoms with Gasteiger partial charge in [-0.1, -0.05) is 48.3 Å². The molecule has 15 heavy (non-hydrogen) atoms. The number of halogens is 2. The van der Waals surface area contributed by atoms with E-state index in [2.05, 4.69) is 29.8 Å². The second-order valence-corrected chi connectivity index (χ2v) is 5.06. The minimum absolute atomic E-state index is 0.138. The lowest BCUT2D eigenvalue weighted by Crippen LogP contribution is -2.21. The molecule has 0 N–H and O–H groups in total. The molecule has 0 heterocycles. The van der Waals surface area contributed by atoms with Crippen LogP contribution in [-0.4, -0.2) is 5.33 Å². The fourth-order valence-electron chi connectivity index (χ4n) is 1.95. The van der Waals surface area contributed by atoms with E-state index in [4.69, 9.17) is 0 Å². The van der Waals surface area contributed by atoms with Crippen LogP contribution in [0.1, 0.15) is 32.3 Å². The Bertz CT molecular complexity index is 311. The van der Waals surface area contributed by atoms with Crippen molar-refractivity contribution in [3.63, 3.8) is 0 Å². The second-order valence-electron chi connectivity index (χ2n) is 4.50. The third kappa shape index (κ3) is 3.94. The summed E-state index contributed by atoms with van der Waals surface area (Å²) in [5.74, 6) is -0.138. The Kier molecular flexibility index (Phi) is 4.78. The first-order valence-corrected chi connectivity index (χ1v) is 6.52. The maximum absolute atomic E-state index is 13.0. The summed E-state index contributed by atoms with van der Waals surface area (Å²) in [5, 5.41) is 0.963. The molecule has 0 fully saturated rings. The predicted octanol–water partition coefficient (Wildman–Crippen LogP) is 4.57. The van der Waals surface area contributed by atoms with Crippen molar-refractivity contribution in [3.05, 3.63) is 35.6 Å². The quantitative estimate of drug-likeness (QED) is 0.689. The molecule has 0 aliphatic heterocycles. The molecule has 1 aromatic rings. The largest absolute Gasteiger partial charge is 0.207 e. The zero-order chi connectivity index (χ0) is 11.3. The third-order valence-electron chi connectivity index (χ3n) is 2.70. The molecule has 84 valence electrons. The molecule has 0 bridgehead atoms. The number of rotatable bonds is 5. The van der Waals surface area contributed by atoms with Gasteiger partial charge in [0.05, 0.1) is 0 Å². The van der Waals surface area contributed by atoms with Crippen LogP contribution in [0, 0.1) is 11.2 Å². The van der Waals surface area contributed by atoms with Gasteiger partial charge in [-0.2, -0.15) is 0 Å². The highest BCUT2D eigenvalue weighted by molar-refractivity contribution is 9.09. The Hall–Kier alpha value is -0.370. The lowest BCUT2D eigenvalue weighted by atomic mass is 9.82. The van der Waals surface area contributed by atoms with Crippen LogP contribution in [0.3, 0.4) is 0 Å². The lowest BCUT2D eigenvalue weighted by Gasteiger charge is -2.27. The number of hydrogen-bond acceptors (Lipinski definition) is 0. The minimum Gasteiger partial charge on any atom is -0.207 e. The highest BCUT2D eigenvalue weighted by Crippen LogP contribution is 2.30. The zero-order valence-electron chi connectivity index (χ0n) is 9.39. The second kappa shape index (κ2) is 5.64. The predicted molar refractivity (Wildman–Crippen MR) is 66.9 cm³/mol. The van der Waals surface area contributed by atoms with Crippen molar-refractivity contribution in [2.75, 3.05) is 5.33 Å². The van der Waals surface area contributed by atoms with E-state index in [9.17, 15) is 4.39 Å². The maximum atomic E-state index is 13.0. The first kappa shape index (κ1) is 12.7. The highest BCUT2D eigenvalue weighted by atomic mass is 79.9. The molecule has 0 spiro atoms. The van der Waals surface area contributed by atoms with Crippen LogP contribution in [0.15, 0.2) is 24.3 Å². The van der Waals surface area contributed by atoms with Crippen molar-refractivity contribution < 1.29 is 4.39 Å². The molecule has 0 aliphatic rings. The standard InChI is InChI=1S/C13H18BrF/c1-3-7-13(2,10-14)9-11-5-4-6-12(15)8-11/h4-6,8H,3,7,9-10H2,1-2H3. The van der Waals surface area contributed by atoms with Crippen LogP contribution in [0.25, 0.3) is 0 Å². The molecule has 0 saturated heterocycles. The first-order valence-electron chi connectivity index (χ1n) is 5.40. The van der Waals surface area contributed by atoms with Crippen molar-refractivity contribution in [1.82, 2.24) is 0 Å². The van der Waals surface area contributed by atoms with Gasteiger partial charge in [0.1, 0.15) is 5.82 Å². The lowest BCUT2D eigenvalue weighted by molar-refractivity contribution is 0.340. The van der Waals surface area contributed by atoms with E-state index in [-0.39, 0.29) is 11.2 Å². The van der Waals surface area contributed by atoms with Gasteiger partial charge in [0.2, 0.25) is 0 Å². The fraction of sp³-hybridized carbons (Fsp3) is 0.538. The molecule has 0 nitrogen and oxygen atoms in total. The van der Waals surface area contributed by atoms with E-state index in [1.54, 1.807) is 12.1 Å². The topological polar surface area (TPSA) is 0 Å². The van der Waals surface area contributed by atoms with Gasteiger partial charge >= 0.3 is 0 Å². The minimum atomic E-state index is -0.138. The van der Waals surface area contributed by atoms with Crippen molar-refractivity contribution in [2.24, 2.45) is 5.41 Å². The Morgan fingerprint density at radius 3 is 2.67 bits per heavy atom. The van der Waals surface area contributed by atoms with Crippen LogP contribution >= 0.6 is 15.9 Å². The van der Waals surface area contributed by atoms with Gasteiger partial charge in [-0.05, 0) is 36.0 Å². The number of benzene rings is 1. The zero-order valence-corrected chi connectivity index (χ0v) is 11.0. The molecule has 0 saturated carbocycles. The van der Waals surface area contributed by atoms with Crippen molar-refractivity contribution in [1.29, 1.82) is 0 Å². The Morgan fingerprint density at radius 2 is 2.13 bits per heavy atom. The maximum Gasteiger partial charge on any atom is 0.123 e. The Morgan fingerprint density at radius 1 is 1.40 bits per heavy atom. The molecular formula is C13H18BrF. The molecule has 1 unspecified atom stereocenters. The van der Waals surface area contributed by atoms with Gasteiger partial charge in [-0.3, -0.25) is 0 Å². The summed E-state index contributed by atoms with van der Waals surface area (Å²) < 4.78 is 13.0. The summed E-state index contributed by atoms with van der Waals surface area (Å²) in [6, 6.07) is 6.91. The summed E-state index contributed by atoms with van der Waals surface area (Å²) in [4.78, 5) is 0. The molecule has 0 amide bonds. The third-order valence-corrected chi connectivity index (χ3v) is 4.05. The first-order chi connectivity index (χ1) is 7.09. The average molecular weight is 273 g/mol. The SMILES string of the molecule is CCCC(C)(CBr)Cc1cccc(F)c1. The summed E-state index contributed by atoms with van der Waals surface area (Å²) in [5.41, 5.74) is 1.33. The summed E-state index contributed by atoms with van der Waals surface area (Å²) in [6.45, 7) is 4.43. The van der Waals surface area contributed by atoms with Crippen LogP contribution in [0.2, 0.25) is 0 Å². The van der Waals surface area contributed by atoms with E-state index in [0.29, 0.717) is 0 Å². The Labute approximate surface area is 100 Å². The molecular weight excluding hydrogens is 255 g/mol. The molecule has 0 aromatic heterocycles. The smallest absolute Gasteiger partial charge is 0.123 e. The highest BCUT2D eigenvalue weighted by Gasteiger charge is 2.22. The molecule has 2 heteroatoms. The van der Waals surface area contributed by atoms with Crippen LogP contribution in [-0.2, 0) is 6.42 Å². The van der Waals surface area contributed by atoms with Gasteiger partial charge in [0.25, 0.3) is 0 Å². The van der Waals surface area contributed by atoms with E-state index >= 15 is 0 Å². The van der Waals surface area contributed by atoms with E-state index in [1.807, 2.05) is 6.07 Å². The van der Waals surface area contributed by atoms with Crippen molar-refractivity contribution in [3.8, 4) is 0 Å². The molecule has 1 rings (SSSR count). The van der Waals surface area contributed by atoms with Crippen LogP contribution in [0.4, 0.5) is 4.39 Å². The van der Waals surface area contributed by atoms with Gasteiger partial charge in [0.15, 0.2) is 0 Å². The van der Waals surface area contributed by atoms with Crippen molar-refractivity contribution in [2.45, 2.75) is 33.1 Å². The summed E-state index contributed by atoms with van der Waals surface area (Å²) in [6.07, 6.45) is 3.26. The number of alkyl halides is 1. The Balaban J connectivity index is 2.74. The van der Waals surface area contributed by atoms with Crippen molar-refractivity contribution >= 4 is 15.9 Å². The summed E-state index contributed by atoms with van der Waals surface area (Å²) >= 11 is 3.56. The summed E-state index contributed by atoms with van der Waals surface area (Å²) in [7, 11) is 0. The monoisotopic (exact) mass is 272 g/mol. The molecule has 0 aliphatic carbocycles. The van der Waals surface area contributed by atoms with Crippen LogP contribution in [0.5, 0.6) is 0 Å². The molecule has 1 aromatic carbocycles. The van der Waals surface area contributed by atoms with Gasteiger partial charge in [-0.15, -0.1) is 0 Å². The molecule has 0 radical (unpaired) electrons. The van der Waals surface area contributed by atoms with E-state index in [0.717, 1.165) is 30.2 Å². The van der Waals surface area contributed by atoms with Gasteiger partial charge in [0, 0.05) is 5.33 Å². The fourth-order valence-corrected chi connectivity index (χ4v) is 2.42. The van der Waals surface area contributed by atoms with Gasteiger partial charge < -0.3 is 0 Å². The number of hydrogen-bond donors (Lipinski definition) is 0.